The minimum atomic E-state index is -1.22. The van der Waals surface area contributed by atoms with E-state index in [0.717, 1.165) is 45.2 Å². The minimum Gasteiger partial charge on any atom is -0.338 e. The van der Waals surface area contributed by atoms with E-state index in [1.165, 1.54) is 5.92 Å². The third-order valence-electron chi connectivity index (χ3n) is 4.60. The van der Waals surface area contributed by atoms with Crippen molar-refractivity contribution in [3.05, 3.63) is 36.9 Å². The Balaban J connectivity index is -0.000000163. The van der Waals surface area contributed by atoms with Gasteiger partial charge in [-0.05, 0) is 18.1 Å². The molecule has 11 nitrogen and oxygen atoms in total. The predicted octanol–water partition coefficient (Wildman–Crippen LogP) is -0.0254. The van der Waals surface area contributed by atoms with Crippen molar-refractivity contribution in [3.8, 4) is 24.7 Å². The number of aromatic nitrogens is 4. The monoisotopic (exact) mass is 725 g/mol. The average Bonchev–Trinajstić information content (AvgIpc) is 3.13. The fourth-order valence-corrected chi connectivity index (χ4v) is 2.97. The molecule has 0 aliphatic carbocycles. The molecular weight excluding hydrogens is 670 g/mol. The molecule has 44 heavy (non-hydrogen) atoms. The Hall–Kier alpha value is -3.43. The van der Waals surface area contributed by atoms with Gasteiger partial charge in [-0.3, -0.25) is 4.79 Å². The zero-order valence-corrected chi connectivity index (χ0v) is 30.3. The van der Waals surface area contributed by atoms with Gasteiger partial charge in [0.05, 0.1) is 0 Å². The van der Waals surface area contributed by atoms with Crippen molar-refractivity contribution in [1.29, 1.82) is 0.594 Å². The number of carbonyl (C=O) groups excluding carboxylic acids is 1. The van der Waals surface area contributed by atoms with Gasteiger partial charge in [-0.1, -0.05) is 55.4 Å². The van der Waals surface area contributed by atoms with E-state index in [-0.39, 0.29) is 36.7 Å². The molecule has 0 spiro atoms. The molecule has 13 heteroatoms. The maximum Gasteiger partial charge on any atom is 0.225 e. The summed E-state index contributed by atoms with van der Waals surface area (Å²) in [5.41, 5.74) is 0. The van der Waals surface area contributed by atoms with Crippen molar-refractivity contribution in [2.75, 3.05) is 67.1 Å². The summed E-state index contributed by atoms with van der Waals surface area (Å²) in [5, 5.41) is 10.8. The topological polar surface area (TPSA) is 128 Å². The maximum atomic E-state index is 11.3. The van der Waals surface area contributed by atoms with Crippen molar-refractivity contribution in [2.24, 2.45) is 0 Å². The van der Waals surface area contributed by atoms with E-state index in [9.17, 15) is 4.79 Å². The number of terminal acetylenes is 2. The van der Waals surface area contributed by atoms with Gasteiger partial charge in [-0.2, -0.15) is 0 Å². The predicted molar refractivity (Wildman–Crippen MR) is 182 cm³/mol. The van der Waals surface area contributed by atoms with Gasteiger partial charge in [0.2, 0.25) is 11.9 Å². The Bertz CT molecular complexity index is 986. The third kappa shape index (κ3) is 25.1. The SMILES string of the molecule is C#CC(=O)N1CCN(c2ncccn2)CC1.C#CC(=O)O.CC.CC.CC.CC.[2H][I-]C.[B].c1cnc(N2CCNCC2)nc1. The standard InChI is InChI=1S/C11H12N4O.C8H12N4.C3H2O2.4C2H6.CH4I.B/c1-2-10(16)14-6-8-15(9-7-14)11-12-4-3-5-13-11;1-2-10-8(11-3-1)12-6-4-9-5-7-12;1-2-3(4)5;5*1-2;/h1,3-5H,6-9H2;1-3,9H,4-7H2;1H,(H,4,5);4*1-2H3;2H,1H3;/q;;;;;;;-1;/i;;;;;;;2D;. The number of halogens is 1. The zero-order valence-electron chi connectivity index (χ0n) is 29.1. The largest absolute Gasteiger partial charge is 0.338 e. The summed E-state index contributed by atoms with van der Waals surface area (Å²) in [7, 11) is 0. The number of alkyl halides is 1. The molecule has 2 aromatic heterocycles. The van der Waals surface area contributed by atoms with Crippen molar-refractivity contribution < 1.29 is 37.1 Å². The van der Waals surface area contributed by atoms with E-state index in [4.69, 9.17) is 16.9 Å². The molecule has 2 aliphatic rings. The van der Waals surface area contributed by atoms with Gasteiger partial charge in [-0.25, -0.2) is 24.7 Å². The summed E-state index contributed by atoms with van der Waals surface area (Å²) < 4.78 is 6.32. The molecule has 1 amide bonds. The molecule has 3 radical (unpaired) electrons. The third-order valence-corrected chi connectivity index (χ3v) is 4.60. The molecule has 2 aliphatic heterocycles. The molecule has 2 saturated heterocycles. The molecular formula is C31H54BIN8O3-. The molecule has 0 saturated carbocycles. The fourth-order valence-electron chi connectivity index (χ4n) is 2.97. The van der Waals surface area contributed by atoms with E-state index in [2.05, 4.69) is 42.5 Å². The normalized spacial score (nSPS) is 12.2. The van der Waals surface area contributed by atoms with Crippen LogP contribution in [0.25, 0.3) is 0 Å². The molecule has 2 fully saturated rings. The molecule has 4 heterocycles. The Morgan fingerprint density at radius 1 is 0.773 bits per heavy atom. The number of hydrogen-bond acceptors (Lipinski definition) is 9. The van der Waals surface area contributed by atoms with E-state index in [0.29, 0.717) is 19.0 Å². The van der Waals surface area contributed by atoms with Crippen LogP contribution in [0, 0.1) is 24.7 Å². The van der Waals surface area contributed by atoms with Gasteiger partial charge in [0.1, 0.15) is 0 Å². The van der Waals surface area contributed by atoms with Crippen LogP contribution in [0.5, 0.6) is 0 Å². The van der Waals surface area contributed by atoms with E-state index < -0.39 is 5.97 Å². The van der Waals surface area contributed by atoms with Gasteiger partial charge >= 0.3 is 33.9 Å². The number of anilines is 2. The quantitative estimate of drug-likeness (QED) is 0.189. The second-order valence-electron chi connectivity index (χ2n) is 6.71. The maximum absolute atomic E-state index is 11.3. The Kier molecular flexibility index (Phi) is 42.7. The molecule has 2 N–H and O–H groups in total. The number of carbonyl (C=O) groups is 2. The first-order valence-corrected chi connectivity index (χ1v) is 16.8. The summed E-state index contributed by atoms with van der Waals surface area (Å²) in [6.45, 7) is 22.8. The summed E-state index contributed by atoms with van der Waals surface area (Å²) in [5.74, 6) is 3.66. The number of piperazine rings is 2. The van der Waals surface area contributed by atoms with Gasteiger partial charge in [-0.15, -0.1) is 12.8 Å². The van der Waals surface area contributed by atoms with Crippen LogP contribution in [0.2, 0.25) is 0 Å². The fraction of sp³-hybridized carbons (Fsp3) is 0.548. The van der Waals surface area contributed by atoms with Gasteiger partial charge in [0.25, 0.3) is 5.91 Å². The summed E-state index contributed by atoms with van der Waals surface area (Å²) in [6.07, 6.45) is 16.4. The number of amides is 1. The van der Waals surface area contributed by atoms with Gasteiger partial charge in [0, 0.05) is 91.5 Å². The number of carboxylic acids is 1. The Morgan fingerprint density at radius 2 is 1.09 bits per heavy atom. The van der Waals surface area contributed by atoms with E-state index in [1.54, 1.807) is 35.8 Å². The second kappa shape index (κ2) is 39.6. The molecule has 2 aromatic rings. The van der Waals surface area contributed by atoms with Crippen LogP contribution < -0.4 is 37.5 Å². The first-order valence-electron chi connectivity index (χ1n) is 15.0. The van der Waals surface area contributed by atoms with Crippen molar-refractivity contribution in [2.45, 2.75) is 55.4 Å². The number of rotatable bonds is 2. The summed E-state index contributed by atoms with van der Waals surface area (Å²) >= 11 is -0.160. The molecule has 0 aromatic carbocycles. The molecule has 0 atom stereocenters. The van der Waals surface area contributed by atoms with Crippen molar-refractivity contribution >= 4 is 32.2 Å². The van der Waals surface area contributed by atoms with Crippen LogP contribution in [0.1, 0.15) is 55.4 Å². The first kappa shape index (κ1) is 47.5. The van der Waals surface area contributed by atoms with Crippen LogP contribution in [0.15, 0.2) is 36.9 Å². The zero-order chi connectivity index (χ0) is 34.6. The van der Waals surface area contributed by atoms with Gasteiger partial charge in [0.15, 0.2) is 0 Å². The van der Waals surface area contributed by atoms with Crippen LogP contribution in [-0.4, -0.2) is 108 Å². The van der Waals surface area contributed by atoms with Crippen LogP contribution in [0.3, 0.4) is 0 Å². The smallest absolute Gasteiger partial charge is 0.225 e. The van der Waals surface area contributed by atoms with Crippen molar-refractivity contribution in [1.82, 2.24) is 30.2 Å². The second-order valence-corrected chi connectivity index (χ2v) is 6.71. The molecule has 0 bridgehead atoms. The van der Waals surface area contributed by atoms with Crippen LogP contribution >= 0.6 is 0 Å². The number of nitrogens with zero attached hydrogens (tertiary/aromatic N) is 7. The van der Waals surface area contributed by atoms with E-state index in [1.807, 2.05) is 71.3 Å². The average molecular weight is 726 g/mol. The molecule has 0 unspecified atom stereocenters. The number of hydrogen-bond donors (Lipinski definition) is 2. The summed E-state index contributed by atoms with van der Waals surface area (Å²) in [4.78, 5) is 44.9. The summed E-state index contributed by atoms with van der Waals surface area (Å²) in [6, 6.07) is 3.62. The molecule has 4 rings (SSSR count). The Morgan fingerprint density at radius 3 is 1.39 bits per heavy atom. The Labute approximate surface area is 283 Å². The van der Waals surface area contributed by atoms with Gasteiger partial charge < -0.3 is 25.1 Å². The van der Waals surface area contributed by atoms with Crippen LogP contribution in [0.4, 0.5) is 11.9 Å². The van der Waals surface area contributed by atoms with Crippen LogP contribution in [-0.2, 0) is 9.59 Å². The number of carboxylic acid groups (broad SMARTS) is 1. The van der Waals surface area contributed by atoms with Crippen molar-refractivity contribution in [3.63, 3.8) is 0 Å². The minimum absolute atomic E-state index is 0. The van der Waals surface area contributed by atoms with E-state index >= 15 is 0 Å². The number of aliphatic carboxylic acids is 1. The first-order chi connectivity index (χ1) is 21.5. The molecule has 247 valence electrons. The number of nitrogens with one attached hydrogen (secondary N) is 1.